The third kappa shape index (κ3) is 5.69. The van der Waals surface area contributed by atoms with Crippen LogP contribution < -0.4 is 5.32 Å². The molecule has 0 aliphatic carbocycles. The first-order valence-corrected chi connectivity index (χ1v) is 11.3. The molecule has 0 bridgehead atoms. The molecule has 0 unspecified atom stereocenters. The van der Waals surface area contributed by atoms with Crippen LogP contribution in [0.4, 0.5) is 5.00 Å². The minimum atomic E-state index is 0.00733. The van der Waals surface area contributed by atoms with Gasteiger partial charge in [-0.15, -0.1) is 11.3 Å². The van der Waals surface area contributed by atoms with Gasteiger partial charge < -0.3 is 5.32 Å². The van der Waals surface area contributed by atoms with Crippen LogP contribution in [0.2, 0.25) is 0 Å². The minimum Gasteiger partial charge on any atom is -0.317 e. The van der Waals surface area contributed by atoms with E-state index in [-0.39, 0.29) is 5.91 Å². The van der Waals surface area contributed by atoms with Crippen LogP contribution in [-0.2, 0) is 4.79 Å². The molecule has 1 heterocycles. The molecular weight excluding hydrogens is 364 g/mol. The molecule has 3 nitrogen and oxygen atoms in total. The predicted octanol–water partition coefficient (Wildman–Crippen LogP) is 7.41. The zero-order valence-electron chi connectivity index (χ0n) is 17.6. The van der Waals surface area contributed by atoms with Crippen molar-refractivity contribution in [2.75, 3.05) is 5.32 Å². The van der Waals surface area contributed by atoms with Crippen molar-refractivity contribution in [2.24, 2.45) is 0 Å². The summed E-state index contributed by atoms with van der Waals surface area (Å²) in [5, 5.41) is 13.4. The summed E-state index contributed by atoms with van der Waals surface area (Å²) in [5.41, 5.74) is 3.88. The van der Waals surface area contributed by atoms with Crippen molar-refractivity contribution in [2.45, 2.75) is 78.6 Å². The smallest absolute Gasteiger partial charge is 0.225 e. The Morgan fingerprint density at radius 1 is 1.14 bits per heavy atom. The lowest BCUT2D eigenvalue weighted by molar-refractivity contribution is -0.116. The molecule has 1 amide bonds. The first-order chi connectivity index (χ1) is 13.5. The quantitative estimate of drug-likeness (QED) is 0.425. The summed E-state index contributed by atoms with van der Waals surface area (Å²) in [6.07, 6.45) is 7.23. The summed E-state index contributed by atoms with van der Waals surface area (Å²) in [5.74, 6) is 0.535. The average molecular weight is 397 g/mol. The lowest BCUT2D eigenvalue weighted by Crippen LogP contribution is -2.10. The summed E-state index contributed by atoms with van der Waals surface area (Å²) in [4.78, 5) is 13.4. The SMILES string of the molecule is CCCCCCCC(=O)Nc1sc(C)c(-c2ccc([C@H](C)CC)cc2)c1C#N. The van der Waals surface area contributed by atoms with Gasteiger partial charge in [0, 0.05) is 16.9 Å². The summed E-state index contributed by atoms with van der Waals surface area (Å²) in [6.45, 7) is 8.62. The van der Waals surface area contributed by atoms with E-state index in [0.717, 1.165) is 35.3 Å². The first-order valence-electron chi connectivity index (χ1n) is 10.4. The van der Waals surface area contributed by atoms with Crippen molar-refractivity contribution >= 4 is 22.2 Å². The number of carbonyl (C=O) groups is 1. The van der Waals surface area contributed by atoms with E-state index in [2.05, 4.69) is 56.4 Å². The fourth-order valence-electron chi connectivity index (χ4n) is 3.38. The van der Waals surface area contributed by atoms with Gasteiger partial charge in [-0.25, -0.2) is 0 Å². The number of benzene rings is 1. The fourth-order valence-corrected chi connectivity index (χ4v) is 4.42. The van der Waals surface area contributed by atoms with Crippen molar-refractivity contribution < 1.29 is 4.79 Å². The molecule has 4 heteroatoms. The predicted molar refractivity (Wildman–Crippen MR) is 120 cm³/mol. The van der Waals surface area contributed by atoms with Crippen molar-refractivity contribution in [3.8, 4) is 17.2 Å². The van der Waals surface area contributed by atoms with E-state index >= 15 is 0 Å². The van der Waals surface area contributed by atoms with E-state index in [1.54, 1.807) is 0 Å². The van der Waals surface area contributed by atoms with Crippen LogP contribution in [0.3, 0.4) is 0 Å². The van der Waals surface area contributed by atoms with Crippen molar-refractivity contribution in [1.29, 1.82) is 5.26 Å². The highest BCUT2D eigenvalue weighted by atomic mass is 32.1. The minimum absolute atomic E-state index is 0.00733. The van der Waals surface area contributed by atoms with Crippen molar-refractivity contribution in [3.05, 3.63) is 40.3 Å². The normalized spacial score (nSPS) is 11.8. The number of carbonyl (C=O) groups excluding carboxylic acids is 1. The van der Waals surface area contributed by atoms with Gasteiger partial charge in [0.25, 0.3) is 0 Å². The zero-order valence-corrected chi connectivity index (χ0v) is 18.4. The molecule has 2 rings (SSSR count). The molecule has 0 aliphatic rings. The Morgan fingerprint density at radius 2 is 1.82 bits per heavy atom. The van der Waals surface area contributed by atoms with Crippen LogP contribution in [0.5, 0.6) is 0 Å². The summed E-state index contributed by atoms with van der Waals surface area (Å²) < 4.78 is 0. The van der Waals surface area contributed by atoms with Gasteiger partial charge in [0.2, 0.25) is 5.91 Å². The second-order valence-electron chi connectivity index (χ2n) is 7.49. The second-order valence-corrected chi connectivity index (χ2v) is 8.72. The maximum atomic E-state index is 12.3. The lowest BCUT2D eigenvalue weighted by atomic mass is 9.95. The van der Waals surface area contributed by atoms with E-state index < -0.39 is 0 Å². The summed E-state index contributed by atoms with van der Waals surface area (Å²) in [7, 11) is 0. The molecule has 28 heavy (non-hydrogen) atoms. The number of amides is 1. The molecule has 1 atom stereocenters. The molecular formula is C24H32N2OS. The molecule has 1 N–H and O–H groups in total. The third-order valence-corrected chi connectivity index (χ3v) is 6.36. The van der Waals surface area contributed by atoms with E-state index in [4.69, 9.17) is 0 Å². The van der Waals surface area contributed by atoms with E-state index in [1.807, 2.05) is 6.92 Å². The maximum absolute atomic E-state index is 12.3. The molecule has 1 aromatic carbocycles. The number of nitriles is 1. The number of rotatable bonds is 10. The Morgan fingerprint density at radius 3 is 2.43 bits per heavy atom. The van der Waals surface area contributed by atoms with Gasteiger partial charge in [-0.1, -0.05) is 70.7 Å². The number of nitrogens with zero attached hydrogens (tertiary/aromatic N) is 1. The molecule has 0 spiro atoms. The topological polar surface area (TPSA) is 52.9 Å². The van der Waals surface area contributed by atoms with Crippen molar-refractivity contribution in [1.82, 2.24) is 0 Å². The number of nitrogens with one attached hydrogen (secondary N) is 1. The lowest BCUT2D eigenvalue weighted by Gasteiger charge is -2.10. The third-order valence-electron chi connectivity index (χ3n) is 5.34. The second kappa shape index (κ2) is 11.0. The Hall–Kier alpha value is -2.12. The Balaban J connectivity index is 2.13. The maximum Gasteiger partial charge on any atom is 0.225 e. The summed E-state index contributed by atoms with van der Waals surface area (Å²) in [6, 6.07) is 10.8. The number of aryl methyl sites for hydroxylation is 1. The standard InChI is InChI=1S/C24H32N2OS/c1-5-7-8-9-10-11-22(27)26-24-21(16-25)23(18(4)28-24)20-14-12-19(13-15-20)17(3)6-2/h12-15,17H,5-11H2,1-4H3,(H,26,27)/t17-/m1/s1. The number of anilines is 1. The molecule has 0 saturated carbocycles. The number of hydrogen-bond donors (Lipinski definition) is 1. The van der Waals surface area contributed by atoms with Crippen LogP contribution in [0.15, 0.2) is 24.3 Å². The zero-order chi connectivity index (χ0) is 20.5. The van der Waals surface area contributed by atoms with Gasteiger partial charge in [-0.2, -0.15) is 5.26 Å². The van der Waals surface area contributed by atoms with Gasteiger partial charge in [0.15, 0.2) is 0 Å². The highest BCUT2D eigenvalue weighted by Gasteiger charge is 2.19. The molecule has 0 saturated heterocycles. The fraction of sp³-hybridized carbons (Fsp3) is 0.500. The molecule has 0 fully saturated rings. The van der Waals surface area contributed by atoms with E-state index in [1.165, 1.54) is 36.2 Å². The van der Waals surface area contributed by atoms with Gasteiger partial charge in [-0.05, 0) is 36.8 Å². The molecule has 0 aliphatic heterocycles. The molecule has 150 valence electrons. The highest BCUT2D eigenvalue weighted by Crippen LogP contribution is 2.39. The van der Waals surface area contributed by atoms with Gasteiger partial charge in [-0.3, -0.25) is 4.79 Å². The van der Waals surface area contributed by atoms with Crippen molar-refractivity contribution in [3.63, 3.8) is 0 Å². The van der Waals surface area contributed by atoms with Gasteiger partial charge >= 0.3 is 0 Å². The van der Waals surface area contributed by atoms with Crippen LogP contribution in [0.1, 0.15) is 87.6 Å². The number of thiophene rings is 1. The Labute approximate surface area is 173 Å². The first kappa shape index (κ1) is 22.2. The Kier molecular flexibility index (Phi) is 8.73. The van der Waals surface area contributed by atoms with Crippen LogP contribution >= 0.6 is 11.3 Å². The largest absolute Gasteiger partial charge is 0.317 e. The average Bonchev–Trinajstić information content (AvgIpc) is 3.01. The molecule has 2 aromatic rings. The monoisotopic (exact) mass is 396 g/mol. The number of unbranched alkanes of at least 4 members (excludes halogenated alkanes) is 4. The van der Waals surface area contributed by atoms with Crippen LogP contribution in [-0.4, -0.2) is 5.91 Å². The molecule has 0 radical (unpaired) electrons. The van der Waals surface area contributed by atoms with Gasteiger partial charge in [0.1, 0.15) is 11.1 Å². The van der Waals surface area contributed by atoms with Gasteiger partial charge in [0.05, 0.1) is 5.56 Å². The summed E-state index contributed by atoms with van der Waals surface area (Å²) >= 11 is 1.50. The molecule has 1 aromatic heterocycles. The Bertz CT molecular complexity index is 814. The number of hydrogen-bond acceptors (Lipinski definition) is 3. The van der Waals surface area contributed by atoms with Crippen LogP contribution in [0, 0.1) is 18.3 Å². The highest BCUT2D eigenvalue weighted by molar-refractivity contribution is 7.17. The van der Waals surface area contributed by atoms with E-state index in [9.17, 15) is 10.1 Å². The van der Waals surface area contributed by atoms with E-state index in [0.29, 0.717) is 22.9 Å². The van der Waals surface area contributed by atoms with Crippen LogP contribution in [0.25, 0.3) is 11.1 Å².